The van der Waals surface area contributed by atoms with Crippen molar-refractivity contribution in [3.63, 3.8) is 0 Å². The standard InChI is InChI=1S/C14H28N2O4/c1-10(2)11(9-12(17)16(7)19-8)15(6)13(18)20-14(3,4)5/h10-11H,9H2,1-8H3/t11-/m1/s1. The van der Waals surface area contributed by atoms with Gasteiger partial charge in [-0.05, 0) is 26.7 Å². The van der Waals surface area contributed by atoms with Crippen LogP contribution in [0.1, 0.15) is 41.0 Å². The molecule has 20 heavy (non-hydrogen) atoms. The SMILES string of the molecule is CON(C)C(=O)C[C@H](C(C)C)N(C)C(=O)OC(C)(C)C. The number of carbonyl (C=O) groups is 2. The highest BCUT2D eigenvalue weighted by molar-refractivity contribution is 5.76. The molecule has 1 atom stereocenters. The Bertz CT molecular complexity index is 337. The summed E-state index contributed by atoms with van der Waals surface area (Å²) >= 11 is 0. The number of nitrogens with zero attached hydrogens (tertiary/aromatic N) is 2. The summed E-state index contributed by atoms with van der Waals surface area (Å²) in [6.45, 7) is 9.37. The monoisotopic (exact) mass is 288 g/mol. The van der Waals surface area contributed by atoms with Gasteiger partial charge in [0.2, 0.25) is 5.91 Å². The van der Waals surface area contributed by atoms with Crippen LogP contribution < -0.4 is 0 Å². The lowest BCUT2D eigenvalue weighted by Gasteiger charge is -2.33. The van der Waals surface area contributed by atoms with E-state index in [1.807, 2.05) is 34.6 Å². The number of ether oxygens (including phenoxy) is 1. The van der Waals surface area contributed by atoms with Crippen LogP contribution in [-0.2, 0) is 14.4 Å². The molecule has 6 heteroatoms. The molecule has 0 spiro atoms. The number of hydroxylamine groups is 2. The fourth-order valence-electron chi connectivity index (χ4n) is 1.70. The van der Waals surface area contributed by atoms with E-state index in [0.717, 1.165) is 5.06 Å². The van der Waals surface area contributed by atoms with Crippen LogP contribution in [0.5, 0.6) is 0 Å². The summed E-state index contributed by atoms with van der Waals surface area (Å²) in [6, 6.07) is -0.241. The zero-order valence-electron chi connectivity index (χ0n) is 13.9. The number of amides is 2. The molecule has 0 aliphatic carbocycles. The van der Waals surface area contributed by atoms with Crippen molar-refractivity contribution in [3.8, 4) is 0 Å². The summed E-state index contributed by atoms with van der Waals surface area (Å²) in [6.07, 6.45) is -0.235. The van der Waals surface area contributed by atoms with Gasteiger partial charge in [-0.25, -0.2) is 9.86 Å². The maximum absolute atomic E-state index is 12.1. The Balaban J connectivity index is 4.83. The van der Waals surface area contributed by atoms with E-state index in [-0.39, 0.29) is 24.3 Å². The number of hydrogen-bond acceptors (Lipinski definition) is 4. The van der Waals surface area contributed by atoms with Crippen LogP contribution in [-0.4, -0.2) is 54.8 Å². The molecule has 6 nitrogen and oxygen atoms in total. The van der Waals surface area contributed by atoms with Crippen molar-refractivity contribution in [2.45, 2.75) is 52.7 Å². The largest absolute Gasteiger partial charge is 0.444 e. The normalized spacial score (nSPS) is 13.1. The lowest BCUT2D eigenvalue weighted by molar-refractivity contribution is -0.170. The minimum Gasteiger partial charge on any atom is -0.444 e. The second kappa shape index (κ2) is 7.47. The molecule has 0 aromatic carbocycles. The van der Waals surface area contributed by atoms with Crippen LogP contribution in [0.3, 0.4) is 0 Å². The molecule has 0 bridgehead atoms. The Morgan fingerprint density at radius 2 is 1.65 bits per heavy atom. The molecular formula is C14H28N2O4. The fraction of sp³-hybridized carbons (Fsp3) is 0.857. The summed E-state index contributed by atoms with van der Waals surface area (Å²) < 4.78 is 5.33. The topological polar surface area (TPSA) is 59.1 Å². The molecular weight excluding hydrogens is 260 g/mol. The molecule has 0 unspecified atom stereocenters. The second-order valence-corrected chi connectivity index (χ2v) is 6.18. The van der Waals surface area contributed by atoms with Crippen LogP contribution in [0.4, 0.5) is 4.79 Å². The van der Waals surface area contributed by atoms with Crippen molar-refractivity contribution in [1.82, 2.24) is 9.96 Å². The molecule has 0 aromatic heterocycles. The Morgan fingerprint density at radius 1 is 1.15 bits per heavy atom. The van der Waals surface area contributed by atoms with E-state index >= 15 is 0 Å². The number of carbonyl (C=O) groups excluding carboxylic acids is 2. The van der Waals surface area contributed by atoms with Gasteiger partial charge in [-0.3, -0.25) is 9.63 Å². The van der Waals surface area contributed by atoms with E-state index in [1.54, 1.807) is 14.1 Å². The number of hydrogen-bond donors (Lipinski definition) is 0. The Hall–Kier alpha value is -1.30. The molecule has 0 saturated carbocycles. The first-order valence-electron chi connectivity index (χ1n) is 6.76. The molecule has 0 aliphatic rings. The molecule has 2 amide bonds. The molecule has 0 aliphatic heterocycles. The van der Waals surface area contributed by atoms with Crippen molar-refractivity contribution in [2.75, 3.05) is 21.2 Å². The minimum atomic E-state index is -0.555. The van der Waals surface area contributed by atoms with Gasteiger partial charge in [-0.15, -0.1) is 0 Å². The van der Waals surface area contributed by atoms with Gasteiger partial charge in [0, 0.05) is 26.6 Å². The molecule has 0 aromatic rings. The van der Waals surface area contributed by atoms with Crippen molar-refractivity contribution in [3.05, 3.63) is 0 Å². The summed E-state index contributed by atoms with van der Waals surface area (Å²) in [4.78, 5) is 30.3. The van der Waals surface area contributed by atoms with Crippen LogP contribution >= 0.6 is 0 Å². The predicted octanol–water partition coefficient (Wildman–Crippen LogP) is 2.29. The van der Waals surface area contributed by atoms with E-state index in [1.165, 1.54) is 12.0 Å². The Kier molecular flexibility index (Phi) is 6.99. The maximum atomic E-state index is 12.1. The van der Waals surface area contributed by atoms with Gasteiger partial charge < -0.3 is 9.64 Å². The van der Waals surface area contributed by atoms with Gasteiger partial charge in [-0.1, -0.05) is 13.8 Å². The van der Waals surface area contributed by atoms with Crippen LogP contribution in [0, 0.1) is 5.92 Å². The van der Waals surface area contributed by atoms with Crippen LogP contribution in [0.15, 0.2) is 0 Å². The predicted molar refractivity (Wildman–Crippen MR) is 77.0 cm³/mol. The van der Waals surface area contributed by atoms with Gasteiger partial charge in [0.25, 0.3) is 0 Å². The lowest BCUT2D eigenvalue weighted by Crippen LogP contribution is -2.45. The van der Waals surface area contributed by atoms with Gasteiger partial charge in [0.1, 0.15) is 5.60 Å². The van der Waals surface area contributed by atoms with Gasteiger partial charge in [0.05, 0.1) is 7.11 Å². The first-order valence-corrected chi connectivity index (χ1v) is 6.76. The molecule has 0 saturated heterocycles. The Labute approximate surface area is 122 Å². The summed E-state index contributed by atoms with van der Waals surface area (Å²) in [5.74, 6) is -0.0525. The zero-order chi connectivity index (χ0) is 16.1. The first kappa shape index (κ1) is 18.7. The van der Waals surface area contributed by atoms with Crippen molar-refractivity contribution >= 4 is 12.0 Å². The summed E-state index contributed by atoms with van der Waals surface area (Å²) in [5.41, 5.74) is -0.555. The summed E-state index contributed by atoms with van der Waals surface area (Å²) in [5, 5.41) is 1.16. The smallest absolute Gasteiger partial charge is 0.410 e. The third kappa shape index (κ3) is 6.23. The highest BCUT2D eigenvalue weighted by atomic mass is 16.7. The lowest BCUT2D eigenvalue weighted by atomic mass is 9.99. The van der Waals surface area contributed by atoms with E-state index in [0.29, 0.717) is 0 Å². The highest BCUT2D eigenvalue weighted by Crippen LogP contribution is 2.18. The molecule has 0 rings (SSSR count). The maximum Gasteiger partial charge on any atom is 0.410 e. The molecule has 118 valence electrons. The van der Waals surface area contributed by atoms with Crippen LogP contribution in [0.25, 0.3) is 0 Å². The van der Waals surface area contributed by atoms with E-state index in [4.69, 9.17) is 9.57 Å². The summed E-state index contributed by atoms with van der Waals surface area (Å²) in [7, 11) is 4.63. The third-order valence-corrected chi connectivity index (χ3v) is 2.96. The molecule has 0 N–H and O–H groups in total. The van der Waals surface area contributed by atoms with E-state index < -0.39 is 11.7 Å². The van der Waals surface area contributed by atoms with Gasteiger partial charge in [-0.2, -0.15) is 0 Å². The molecule has 0 fully saturated rings. The van der Waals surface area contributed by atoms with Crippen molar-refractivity contribution in [2.24, 2.45) is 5.92 Å². The third-order valence-electron chi connectivity index (χ3n) is 2.96. The highest BCUT2D eigenvalue weighted by Gasteiger charge is 2.29. The van der Waals surface area contributed by atoms with E-state index in [2.05, 4.69) is 0 Å². The van der Waals surface area contributed by atoms with E-state index in [9.17, 15) is 9.59 Å². The first-order chi connectivity index (χ1) is 8.99. The van der Waals surface area contributed by atoms with Crippen LogP contribution in [0.2, 0.25) is 0 Å². The van der Waals surface area contributed by atoms with Crippen molar-refractivity contribution in [1.29, 1.82) is 0 Å². The quantitative estimate of drug-likeness (QED) is 0.728. The van der Waals surface area contributed by atoms with Crippen molar-refractivity contribution < 1.29 is 19.2 Å². The average molecular weight is 288 g/mol. The zero-order valence-corrected chi connectivity index (χ0v) is 13.9. The average Bonchev–Trinajstić information content (AvgIpc) is 2.31. The second-order valence-electron chi connectivity index (χ2n) is 6.18. The molecule has 0 radical (unpaired) electrons. The fourth-order valence-corrected chi connectivity index (χ4v) is 1.70. The number of rotatable bonds is 5. The molecule has 0 heterocycles. The van der Waals surface area contributed by atoms with Gasteiger partial charge in [0.15, 0.2) is 0 Å². The van der Waals surface area contributed by atoms with Gasteiger partial charge >= 0.3 is 6.09 Å². The minimum absolute atomic E-state index is 0.127. The Morgan fingerprint density at radius 3 is 2.00 bits per heavy atom.